The highest BCUT2D eigenvalue weighted by Gasteiger charge is 2.32. The Kier molecular flexibility index (Phi) is 10.8. The van der Waals surface area contributed by atoms with Gasteiger partial charge < -0.3 is 10.2 Å². The number of thioether (sulfide) groups is 1. The first-order chi connectivity index (χ1) is 18.9. The average Bonchev–Trinajstić information content (AvgIpc) is 2.93. The summed E-state index contributed by atoms with van der Waals surface area (Å²) < 4.78 is 29.0. The van der Waals surface area contributed by atoms with Crippen LogP contribution in [-0.2, 0) is 26.2 Å². The zero-order valence-corrected chi connectivity index (χ0v) is 25.7. The van der Waals surface area contributed by atoms with E-state index in [4.69, 9.17) is 0 Å². The first-order valence-electron chi connectivity index (χ1n) is 13.3. The molecule has 1 atom stereocenters. The number of rotatable bonds is 12. The summed E-state index contributed by atoms with van der Waals surface area (Å²) in [6.45, 7) is 9.73. The molecule has 1 N–H and O–H groups in total. The lowest BCUT2D eigenvalue weighted by molar-refractivity contribution is -0.139. The van der Waals surface area contributed by atoms with Gasteiger partial charge in [0.15, 0.2) is 0 Å². The van der Waals surface area contributed by atoms with Crippen molar-refractivity contribution < 1.29 is 18.0 Å². The number of hydrogen-bond donors (Lipinski definition) is 1. The molecule has 0 saturated carbocycles. The molecule has 2 amide bonds. The number of carbonyl (C=O) groups excluding carboxylic acids is 2. The quantitative estimate of drug-likeness (QED) is 0.289. The molecule has 3 aromatic carbocycles. The highest BCUT2D eigenvalue weighted by molar-refractivity contribution is 7.98. The minimum atomic E-state index is -4.09. The second kappa shape index (κ2) is 13.9. The Labute approximate surface area is 243 Å². The van der Waals surface area contributed by atoms with E-state index in [1.54, 1.807) is 43.3 Å². The summed E-state index contributed by atoms with van der Waals surface area (Å²) in [5.74, 6) is -0.512. The molecule has 0 radical (unpaired) electrons. The fourth-order valence-electron chi connectivity index (χ4n) is 4.16. The maximum atomic E-state index is 14.0. The SMILES string of the molecule is CSc1ccc(S(=O)(=O)N(CC(=O)N(Cc2cccc(C)c2)C(C)C(=O)NCC(C)C)c2ccc(C)cc2)cc1. The van der Waals surface area contributed by atoms with E-state index >= 15 is 0 Å². The van der Waals surface area contributed by atoms with Crippen molar-refractivity contribution >= 4 is 39.3 Å². The Hall–Kier alpha value is -3.30. The smallest absolute Gasteiger partial charge is 0.264 e. The maximum absolute atomic E-state index is 14.0. The number of benzene rings is 3. The molecule has 0 aliphatic heterocycles. The molecule has 0 heterocycles. The molecule has 214 valence electrons. The Bertz CT molecular complexity index is 1410. The molecule has 0 spiro atoms. The molecule has 1 unspecified atom stereocenters. The van der Waals surface area contributed by atoms with E-state index in [-0.39, 0.29) is 23.3 Å². The normalized spacial score (nSPS) is 12.2. The molecule has 0 aliphatic carbocycles. The predicted molar refractivity (Wildman–Crippen MR) is 163 cm³/mol. The Morgan fingerprint density at radius 2 is 1.55 bits per heavy atom. The summed E-state index contributed by atoms with van der Waals surface area (Å²) in [4.78, 5) is 29.5. The van der Waals surface area contributed by atoms with Crippen LogP contribution in [0.15, 0.2) is 82.6 Å². The Balaban J connectivity index is 2.01. The largest absolute Gasteiger partial charge is 0.354 e. The zero-order valence-electron chi connectivity index (χ0n) is 24.0. The molecule has 0 bridgehead atoms. The third-order valence-corrected chi connectivity index (χ3v) is 9.07. The van der Waals surface area contributed by atoms with Gasteiger partial charge in [-0.05, 0) is 74.9 Å². The van der Waals surface area contributed by atoms with Crippen LogP contribution in [0.2, 0.25) is 0 Å². The number of nitrogens with one attached hydrogen (secondary N) is 1. The van der Waals surface area contributed by atoms with Gasteiger partial charge in [0.05, 0.1) is 10.6 Å². The van der Waals surface area contributed by atoms with Crippen molar-refractivity contribution in [1.82, 2.24) is 10.2 Å². The highest BCUT2D eigenvalue weighted by Crippen LogP contribution is 2.26. The minimum absolute atomic E-state index is 0.0895. The summed E-state index contributed by atoms with van der Waals surface area (Å²) >= 11 is 1.52. The van der Waals surface area contributed by atoms with Crippen LogP contribution in [0.1, 0.15) is 37.5 Å². The van der Waals surface area contributed by atoms with Crippen molar-refractivity contribution in [2.24, 2.45) is 5.92 Å². The van der Waals surface area contributed by atoms with E-state index in [0.717, 1.165) is 25.9 Å². The van der Waals surface area contributed by atoms with E-state index in [9.17, 15) is 18.0 Å². The van der Waals surface area contributed by atoms with Crippen molar-refractivity contribution in [3.63, 3.8) is 0 Å². The monoisotopic (exact) mass is 581 g/mol. The van der Waals surface area contributed by atoms with Crippen LogP contribution in [-0.4, -0.2) is 50.5 Å². The first kappa shape index (κ1) is 31.2. The van der Waals surface area contributed by atoms with Crippen LogP contribution in [0.5, 0.6) is 0 Å². The molecule has 0 aliphatic rings. The summed E-state index contributed by atoms with van der Waals surface area (Å²) in [5, 5.41) is 2.91. The van der Waals surface area contributed by atoms with E-state index in [0.29, 0.717) is 12.2 Å². The third-order valence-electron chi connectivity index (χ3n) is 6.54. The number of sulfonamides is 1. The summed E-state index contributed by atoms with van der Waals surface area (Å²) in [5.41, 5.74) is 3.22. The van der Waals surface area contributed by atoms with E-state index in [1.165, 1.54) is 16.7 Å². The van der Waals surface area contributed by atoms with Gasteiger partial charge in [-0.15, -0.1) is 11.8 Å². The van der Waals surface area contributed by atoms with Crippen molar-refractivity contribution in [2.75, 3.05) is 23.7 Å². The van der Waals surface area contributed by atoms with Crippen LogP contribution in [0.3, 0.4) is 0 Å². The summed E-state index contributed by atoms with van der Waals surface area (Å²) in [7, 11) is -4.09. The van der Waals surface area contributed by atoms with E-state index in [1.807, 2.05) is 70.3 Å². The summed E-state index contributed by atoms with van der Waals surface area (Å²) in [6, 6.07) is 20.5. The fraction of sp³-hybridized carbons (Fsp3) is 0.355. The van der Waals surface area contributed by atoms with Crippen LogP contribution in [0.25, 0.3) is 0 Å². The number of aryl methyl sites for hydroxylation is 2. The van der Waals surface area contributed by atoms with Gasteiger partial charge >= 0.3 is 0 Å². The zero-order chi connectivity index (χ0) is 29.4. The molecule has 0 fully saturated rings. The highest BCUT2D eigenvalue weighted by atomic mass is 32.2. The molecule has 40 heavy (non-hydrogen) atoms. The Morgan fingerprint density at radius 3 is 2.12 bits per heavy atom. The first-order valence-corrected chi connectivity index (χ1v) is 15.9. The maximum Gasteiger partial charge on any atom is 0.264 e. The topological polar surface area (TPSA) is 86.8 Å². The van der Waals surface area contributed by atoms with Crippen molar-refractivity contribution in [3.8, 4) is 0 Å². The number of anilines is 1. The van der Waals surface area contributed by atoms with Crippen LogP contribution < -0.4 is 9.62 Å². The van der Waals surface area contributed by atoms with Crippen LogP contribution in [0, 0.1) is 19.8 Å². The molecule has 7 nitrogen and oxygen atoms in total. The van der Waals surface area contributed by atoms with E-state index < -0.39 is 28.5 Å². The minimum Gasteiger partial charge on any atom is -0.354 e. The van der Waals surface area contributed by atoms with Gasteiger partial charge in [-0.2, -0.15) is 0 Å². The van der Waals surface area contributed by atoms with Gasteiger partial charge in [-0.1, -0.05) is 61.4 Å². The predicted octanol–water partition coefficient (Wildman–Crippen LogP) is 5.41. The molecule has 3 rings (SSSR count). The fourth-order valence-corrected chi connectivity index (χ4v) is 5.98. The van der Waals surface area contributed by atoms with E-state index in [2.05, 4.69) is 5.32 Å². The molecular weight excluding hydrogens is 542 g/mol. The van der Waals surface area contributed by atoms with Gasteiger partial charge in [-0.25, -0.2) is 8.42 Å². The van der Waals surface area contributed by atoms with Crippen molar-refractivity contribution in [1.29, 1.82) is 0 Å². The molecule has 9 heteroatoms. The van der Waals surface area contributed by atoms with Gasteiger partial charge in [0.1, 0.15) is 12.6 Å². The number of amides is 2. The summed E-state index contributed by atoms with van der Waals surface area (Å²) in [6.07, 6.45) is 1.92. The molecule has 3 aromatic rings. The lowest BCUT2D eigenvalue weighted by Crippen LogP contribution is -2.51. The molecular formula is C31H39N3O4S2. The van der Waals surface area contributed by atoms with Gasteiger partial charge in [0.2, 0.25) is 11.8 Å². The van der Waals surface area contributed by atoms with Crippen molar-refractivity contribution in [2.45, 2.75) is 57.0 Å². The lowest BCUT2D eigenvalue weighted by Gasteiger charge is -2.32. The molecule has 0 aromatic heterocycles. The standard InChI is InChI=1S/C31H39N3O4S2/c1-22(2)19-32-31(36)25(5)33(20-26-9-7-8-24(4)18-26)30(35)21-34(27-12-10-23(3)11-13-27)40(37,38)29-16-14-28(39-6)15-17-29/h7-18,22,25H,19-21H2,1-6H3,(H,32,36). The average molecular weight is 582 g/mol. The number of hydrogen-bond acceptors (Lipinski definition) is 5. The van der Waals surface area contributed by atoms with Crippen molar-refractivity contribution in [3.05, 3.63) is 89.5 Å². The van der Waals surface area contributed by atoms with Gasteiger partial charge in [0.25, 0.3) is 10.0 Å². The van der Waals surface area contributed by atoms with Gasteiger partial charge in [0, 0.05) is 18.0 Å². The third kappa shape index (κ3) is 8.11. The second-order valence-electron chi connectivity index (χ2n) is 10.3. The van der Waals surface area contributed by atoms with Crippen LogP contribution in [0.4, 0.5) is 5.69 Å². The Morgan fingerprint density at radius 1 is 0.900 bits per heavy atom. The number of carbonyl (C=O) groups is 2. The number of nitrogens with zero attached hydrogens (tertiary/aromatic N) is 2. The molecule has 0 saturated heterocycles. The lowest BCUT2D eigenvalue weighted by atomic mass is 10.1. The van der Waals surface area contributed by atoms with Crippen LogP contribution >= 0.6 is 11.8 Å². The van der Waals surface area contributed by atoms with Gasteiger partial charge in [-0.3, -0.25) is 13.9 Å². The second-order valence-corrected chi connectivity index (χ2v) is 13.1.